The van der Waals surface area contributed by atoms with Crippen LogP contribution in [-0.4, -0.2) is 35.8 Å². The van der Waals surface area contributed by atoms with Gasteiger partial charge in [0.25, 0.3) is 5.88 Å². The Morgan fingerprint density at radius 1 is 1.35 bits per heavy atom. The standard InChI is InChI=1S/C14H16N2O2S.ClH/c1-2-13(19-7-1)11-8-14(15-18-11)17-12-9-16-5-3-10(12)4-6-16;/h1-2,7-8,10,12H,3-6,9H2;1H. The van der Waals surface area contributed by atoms with Crippen molar-refractivity contribution in [3.63, 3.8) is 0 Å². The summed E-state index contributed by atoms with van der Waals surface area (Å²) in [5.41, 5.74) is 0. The number of hydrogen-bond acceptors (Lipinski definition) is 5. The second kappa shape index (κ2) is 5.76. The lowest BCUT2D eigenvalue weighted by molar-refractivity contribution is -0.0113. The van der Waals surface area contributed by atoms with Crippen molar-refractivity contribution in [1.82, 2.24) is 10.1 Å². The van der Waals surface area contributed by atoms with E-state index in [0.29, 0.717) is 11.8 Å². The zero-order valence-corrected chi connectivity index (χ0v) is 12.7. The van der Waals surface area contributed by atoms with Crippen LogP contribution in [0.25, 0.3) is 10.6 Å². The minimum absolute atomic E-state index is 0. The average Bonchev–Trinajstić information content (AvgIpc) is 3.10. The van der Waals surface area contributed by atoms with Crippen LogP contribution in [0, 0.1) is 5.92 Å². The SMILES string of the molecule is Cl.c1csc(-c2cc(OC3CN4CCC3CC4)no2)c1. The summed E-state index contributed by atoms with van der Waals surface area (Å²) in [7, 11) is 0. The van der Waals surface area contributed by atoms with Crippen LogP contribution in [0.5, 0.6) is 5.88 Å². The maximum atomic E-state index is 6.03. The first-order chi connectivity index (χ1) is 9.38. The van der Waals surface area contributed by atoms with Gasteiger partial charge in [0.1, 0.15) is 6.10 Å². The van der Waals surface area contributed by atoms with Gasteiger partial charge in [-0.25, -0.2) is 0 Å². The number of rotatable bonds is 3. The van der Waals surface area contributed by atoms with Gasteiger partial charge in [0.15, 0.2) is 5.76 Å². The van der Waals surface area contributed by atoms with Crippen molar-refractivity contribution in [3.05, 3.63) is 23.6 Å². The van der Waals surface area contributed by atoms with Gasteiger partial charge >= 0.3 is 0 Å². The first-order valence-corrected chi connectivity index (χ1v) is 7.66. The van der Waals surface area contributed by atoms with Gasteiger partial charge in [-0.3, -0.25) is 4.90 Å². The molecule has 0 aliphatic carbocycles. The zero-order valence-electron chi connectivity index (χ0n) is 11.0. The van der Waals surface area contributed by atoms with Crippen molar-refractivity contribution < 1.29 is 9.26 Å². The third kappa shape index (κ3) is 2.57. The van der Waals surface area contributed by atoms with Gasteiger partial charge in [-0.05, 0) is 48.5 Å². The third-order valence-electron chi connectivity index (χ3n) is 4.12. The van der Waals surface area contributed by atoms with Crippen molar-refractivity contribution in [2.75, 3.05) is 19.6 Å². The molecule has 1 unspecified atom stereocenters. The van der Waals surface area contributed by atoms with Crippen molar-refractivity contribution in [3.8, 4) is 16.5 Å². The van der Waals surface area contributed by atoms with Gasteiger partial charge in [0.05, 0.1) is 10.9 Å². The molecule has 2 aromatic rings. The summed E-state index contributed by atoms with van der Waals surface area (Å²) in [5, 5.41) is 6.07. The Bertz CT molecular complexity index is 549. The van der Waals surface area contributed by atoms with Crippen LogP contribution in [0.4, 0.5) is 0 Å². The van der Waals surface area contributed by atoms with E-state index >= 15 is 0 Å². The molecule has 0 amide bonds. The minimum Gasteiger partial charge on any atom is -0.471 e. The number of fused-ring (bicyclic) bond motifs is 3. The molecular weight excluding hydrogens is 296 g/mol. The Balaban J connectivity index is 0.00000121. The highest BCUT2D eigenvalue weighted by atomic mass is 35.5. The number of nitrogens with zero attached hydrogens (tertiary/aromatic N) is 2. The van der Waals surface area contributed by atoms with Crippen LogP contribution in [0.3, 0.4) is 0 Å². The summed E-state index contributed by atoms with van der Waals surface area (Å²) in [4.78, 5) is 3.57. The predicted octanol–water partition coefficient (Wildman–Crippen LogP) is 3.30. The maximum Gasteiger partial charge on any atom is 0.255 e. The molecule has 2 aromatic heterocycles. The molecule has 0 aromatic carbocycles. The lowest BCUT2D eigenvalue weighted by Gasteiger charge is -2.43. The molecule has 0 radical (unpaired) electrons. The highest BCUT2D eigenvalue weighted by Crippen LogP contribution is 2.32. The summed E-state index contributed by atoms with van der Waals surface area (Å²) in [6, 6.07) is 5.95. The number of piperidine rings is 3. The molecule has 4 nitrogen and oxygen atoms in total. The van der Waals surface area contributed by atoms with E-state index in [1.165, 1.54) is 25.9 Å². The van der Waals surface area contributed by atoms with Gasteiger partial charge in [0.2, 0.25) is 0 Å². The molecule has 5 heterocycles. The second-order valence-corrected chi connectivity index (χ2v) is 6.25. The summed E-state index contributed by atoms with van der Waals surface area (Å²) >= 11 is 1.65. The fraction of sp³-hybridized carbons (Fsp3) is 0.500. The van der Waals surface area contributed by atoms with Gasteiger partial charge < -0.3 is 9.26 Å². The highest BCUT2D eigenvalue weighted by molar-refractivity contribution is 7.13. The van der Waals surface area contributed by atoms with E-state index in [4.69, 9.17) is 9.26 Å². The fourth-order valence-corrected chi connectivity index (χ4v) is 3.72. The van der Waals surface area contributed by atoms with Crippen molar-refractivity contribution in [1.29, 1.82) is 0 Å². The van der Waals surface area contributed by atoms with E-state index in [-0.39, 0.29) is 18.5 Å². The maximum absolute atomic E-state index is 6.03. The molecule has 0 saturated carbocycles. The average molecular weight is 313 g/mol. The van der Waals surface area contributed by atoms with Crippen LogP contribution in [0.2, 0.25) is 0 Å². The zero-order chi connectivity index (χ0) is 12.7. The molecule has 5 rings (SSSR count). The van der Waals surface area contributed by atoms with E-state index in [9.17, 15) is 0 Å². The van der Waals surface area contributed by atoms with Gasteiger partial charge in [-0.15, -0.1) is 23.7 Å². The lowest BCUT2D eigenvalue weighted by atomic mass is 9.86. The van der Waals surface area contributed by atoms with E-state index in [1.54, 1.807) is 11.3 Å². The summed E-state index contributed by atoms with van der Waals surface area (Å²) in [5.74, 6) is 2.11. The number of halogens is 1. The van der Waals surface area contributed by atoms with Gasteiger partial charge in [0, 0.05) is 6.54 Å². The molecule has 0 N–H and O–H groups in total. The normalized spacial score (nSPS) is 28.1. The first-order valence-electron chi connectivity index (χ1n) is 6.78. The molecule has 3 aliphatic rings. The Morgan fingerprint density at radius 2 is 2.20 bits per heavy atom. The van der Waals surface area contributed by atoms with Crippen molar-refractivity contribution in [2.24, 2.45) is 5.92 Å². The second-order valence-electron chi connectivity index (χ2n) is 5.30. The fourth-order valence-electron chi connectivity index (χ4n) is 3.05. The molecule has 108 valence electrons. The third-order valence-corrected chi connectivity index (χ3v) is 5.01. The molecule has 0 spiro atoms. The summed E-state index contributed by atoms with van der Waals surface area (Å²) in [6.45, 7) is 3.49. The number of hydrogen-bond donors (Lipinski definition) is 0. The molecule has 2 bridgehead atoms. The summed E-state index contributed by atoms with van der Waals surface area (Å²) < 4.78 is 11.4. The van der Waals surface area contributed by atoms with Crippen LogP contribution in [0.1, 0.15) is 12.8 Å². The van der Waals surface area contributed by atoms with Crippen molar-refractivity contribution >= 4 is 23.7 Å². The first kappa shape index (κ1) is 13.9. The Kier molecular flexibility index (Phi) is 4.01. The van der Waals surface area contributed by atoms with Crippen LogP contribution in [0.15, 0.2) is 28.1 Å². The van der Waals surface area contributed by atoms with Crippen LogP contribution in [-0.2, 0) is 0 Å². The topological polar surface area (TPSA) is 38.5 Å². The molecule has 3 aliphatic heterocycles. The number of thiophene rings is 1. The monoisotopic (exact) mass is 312 g/mol. The molecule has 3 saturated heterocycles. The van der Waals surface area contributed by atoms with Crippen LogP contribution >= 0.6 is 23.7 Å². The molecule has 20 heavy (non-hydrogen) atoms. The highest BCUT2D eigenvalue weighted by Gasteiger charge is 2.36. The van der Waals surface area contributed by atoms with Crippen LogP contribution < -0.4 is 4.74 Å². The van der Waals surface area contributed by atoms with Crippen molar-refractivity contribution in [2.45, 2.75) is 18.9 Å². The quantitative estimate of drug-likeness (QED) is 0.871. The number of aromatic nitrogens is 1. The predicted molar refractivity (Wildman–Crippen MR) is 80.6 cm³/mol. The Labute approximate surface area is 128 Å². The lowest BCUT2D eigenvalue weighted by Crippen LogP contribution is -2.52. The van der Waals surface area contributed by atoms with Gasteiger partial charge in [-0.2, -0.15) is 0 Å². The van der Waals surface area contributed by atoms with E-state index in [2.05, 4.69) is 10.1 Å². The molecule has 1 atom stereocenters. The Hall–Kier alpha value is -1.04. The number of ether oxygens (including phenoxy) is 1. The Morgan fingerprint density at radius 3 is 2.85 bits per heavy atom. The van der Waals surface area contributed by atoms with E-state index in [0.717, 1.165) is 17.2 Å². The van der Waals surface area contributed by atoms with E-state index in [1.807, 2.05) is 23.6 Å². The largest absolute Gasteiger partial charge is 0.471 e. The summed E-state index contributed by atoms with van der Waals surface area (Å²) in [6.07, 6.45) is 2.78. The minimum atomic E-state index is 0. The molecule has 3 fully saturated rings. The molecular formula is C14H17ClN2O2S. The van der Waals surface area contributed by atoms with E-state index < -0.39 is 0 Å². The van der Waals surface area contributed by atoms with Gasteiger partial charge in [-0.1, -0.05) is 6.07 Å². The smallest absolute Gasteiger partial charge is 0.255 e. The molecule has 6 heteroatoms.